The second-order valence-corrected chi connectivity index (χ2v) is 4.76. The third-order valence-electron chi connectivity index (χ3n) is 2.28. The van der Waals surface area contributed by atoms with Crippen LogP contribution in [-0.2, 0) is 7.05 Å². The fourth-order valence-corrected chi connectivity index (χ4v) is 1.97. The van der Waals surface area contributed by atoms with Gasteiger partial charge in [0.1, 0.15) is 10.3 Å². The number of nitrogens with one attached hydrogen (secondary N) is 1. The summed E-state index contributed by atoms with van der Waals surface area (Å²) >= 11 is 8.85. The number of halogens is 3. The first-order chi connectivity index (χ1) is 8.49. The van der Waals surface area contributed by atoms with Gasteiger partial charge in [-0.2, -0.15) is 5.10 Å². The molecule has 0 aliphatic heterocycles. The Morgan fingerprint density at radius 3 is 2.89 bits per heavy atom. The highest BCUT2D eigenvalue weighted by atomic mass is 79.9. The van der Waals surface area contributed by atoms with Crippen LogP contribution in [0, 0.1) is 5.82 Å². The van der Waals surface area contributed by atoms with Crippen molar-refractivity contribution in [2.75, 3.05) is 5.32 Å². The van der Waals surface area contributed by atoms with Gasteiger partial charge in [0.2, 0.25) is 0 Å². The maximum atomic E-state index is 13.0. The van der Waals surface area contributed by atoms with Crippen molar-refractivity contribution in [3.05, 3.63) is 50.1 Å². The van der Waals surface area contributed by atoms with Gasteiger partial charge < -0.3 is 5.32 Å². The lowest BCUT2D eigenvalue weighted by atomic mass is 10.3. The van der Waals surface area contributed by atoms with Crippen LogP contribution < -0.4 is 10.9 Å². The number of nitrogens with zero attached hydrogens (tertiary/aromatic N) is 2. The molecule has 0 atom stereocenters. The van der Waals surface area contributed by atoms with Crippen LogP contribution in [0.25, 0.3) is 0 Å². The van der Waals surface area contributed by atoms with E-state index < -0.39 is 5.82 Å². The number of hydrogen-bond donors (Lipinski definition) is 1. The summed E-state index contributed by atoms with van der Waals surface area (Å²) in [7, 11) is 1.55. The summed E-state index contributed by atoms with van der Waals surface area (Å²) in [4.78, 5) is 11.6. The molecule has 1 aromatic carbocycles. The summed E-state index contributed by atoms with van der Waals surface area (Å²) < 4.78 is 14.5. The molecule has 1 aromatic heterocycles. The van der Waals surface area contributed by atoms with Crippen LogP contribution >= 0.6 is 27.5 Å². The lowest BCUT2D eigenvalue weighted by molar-refractivity contribution is 0.628. The van der Waals surface area contributed by atoms with Crippen molar-refractivity contribution < 1.29 is 4.39 Å². The van der Waals surface area contributed by atoms with E-state index in [0.29, 0.717) is 15.8 Å². The normalized spacial score (nSPS) is 10.4. The zero-order chi connectivity index (χ0) is 13.3. The third kappa shape index (κ3) is 2.54. The van der Waals surface area contributed by atoms with Gasteiger partial charge in [0.25, 0.3) is 5.56 Å². The van der Waals surface area contributed by atoms with Crippen molar-refractivity contribution in [2.45, 2.75) is 0 Å². The summed E-state index contributed by atoms with van der Waals surface area (Å²) in [5, 5.41) is 6.82. The molecule has 94 valence electrons. The van der Waals surface area contributed by atoms with E-state index in [1.54, 1.807) is 7.05 Å². The summed E-state index contributed by atoms with van der Waals surface area (Å²) in [6.45, 7) is 0. The van der Waals surface area contributed by atoms with Gasteiger partial charge in [0.05, 0.1) is 16.9 Å². The second kappa shape index (κ2) is 5.07. The molecule has 4 nitrogen and oxygen atoms in total. The van der Waals surface area contributed by atoms with Gasteiger partial charge >= 0.3 is 0 Å². The Kier molecular flexibility index (Phi) is 3.68. The molecule has 0 bridgehead atoms. The summed E-state index contributed by atoms with van der Waals surface area (Å²) in [6, 6.07) is 4.19. The van der Waals surface area contributed by atoms with Crippen LogP contribution in [0.2, 0.25) is 5.02 Å². The van der Waals surface area contributed by atoms with Crippen LogP contribution in [-0.4, -0.2) is 9.78 Å². The smallest absolute Gasteiger partial charge is 0.282 e. The van der Waals surface area contributed by atoms with Crippen molar-refractivity contribution in [3.63, 3.8) is 0 Å². The molecule has 0 aliphatic rings. The molecule has 18 heavy (non-hydrogen) atoms. The molecular weight excluding hydrogens is 324 g/mol. The van der Waals surface area contributed by atoms with E-state index in [2.05, 4.69) is 26.3 Å². The zero-order valence-corrected chi connectivity index (χ0v) is 11.6. The molecule has 0 amide bonds. The molecule has 0 radical (unpaired) electrons. The minimum Gasteiger partial charge on any atom is -0.353 e. The molecule has 2 rings (SSSR count). The molecule has 2 aromatic rings. The number of rotatable bonds is 2. The molecule has 1 N–H and O–H groups in total. The highest BCUT2D eigenvalue weighted by Gasteiger charge is 2.08. The van der Waals surface area contributed by atoms with Gasteiger partial charge in [-0.3, -0.25) is 4.79 Å². The Labute approximate surface area is 116 Å². The quantitative estimate of drug-likeness (QED) is 0.919. The Morgan fingerprint density at radius 1 is 1.50 bits per heavy atom. The van der Waals surface area contributed by atoms with E-state index in [4.69, 9.17) is 11.6 Å². The first-order valence-corrected chi connectivity index (χ1v) is 6.10. The highest BCUT2D eigenvalue weighted by Crippen LogP contribution is 2.25. The van der Waals surface area contributed by atoms with Crippen molar-refractivity contribution in [3.8, 4) is 0 Å². The second-order valence-electron chi connectivity index (χ2n) is 3.55. The van der Waals surface area contributed by atoms with Gasteiger partial charge in [-0.05, 0) is 34.1 Å². The van der Waals surface area contributed by atoms with Crippen molar-refractivity contribution >= 4 is 38.9 Å². The van der Waals surface area contributed by atoms with Crippen molar-refractivity contribution in [2.24, 2.45) is 7.05 Å². The van der Waals surface area contributed by atoms with Gasteiger partial charge in [-0.1, -0.05) is 11.6 Å². The van der Waals surface area contributed by atoms with Crippen LogP contribution in [0.3, 0.4) is 0 Å². The molecule has 0 saturated heterocycles. The maximum absolute atomic E-state index is 13.0. The number of anilines is 2. The molecule has 0 spiro atoms. The van der Waals surface area contributed by atoms with E-state index in [1.165, 1.54) is 29.1 Å². The average molecular weight is 333 g/mol. The van der Waals surface area contributed by atoms with E-state index in [1.807, 2.05) is 0 Å². The van der Waals surface area contributed by atoms with E-state index in [9.17, 15) is 9.18 Å². The minimum atomic E-state index is -0.497. The molecule has 0 saturated carbocycles. The summed E-state index contributed by atoms with van der Waals surface area (Å²) in [5.74, 6) is -0.497. The van der Waals surface area contributed by atoms with Crippen molar-refractivity contribution in [1.82, 2.24) is 9.78 Å². The van der Waals surface area contributed by atoms with Crippen LogP contribution in [0.5, 0.6) is 0 Å². The van der Waals surface area contributed by atoms with Crippen LogP contribution in [0.15, 0.2) is 33.7 Å². The summed E-state index contributed by atoms with van der Waals surface area (Å²) in [6.07, 6.45) is 1.49. The van der Waals surface area contributed by atoms with E-state index in [0.717, 1.165) is 0 Å². The van der Waals surface area contributed by atoms with Gasteiger partial charge in [0.15, 0.2) is 0 Å². The van der Waals surface area contributed by atoms with Crippen LogP contribution in [0.4, 0.5) is 15.8 Å². The van der Waals surface area contributed by atoms with Gasteiger partial charge in [-0.25, -0.2) is 9.07 Å². The summed E-state index contributed by atoms with van der Waals surface area (Å²) in [5.41, 5.74) is 0.783. The molecule has 7 heteroatoms. The Morgan fingerprint density at radius 2 is 2.22 bits per heavy atom. The maximum Gasteiger partial charge on any atom is 0.282 e. The van der Waals surface area contributed by atoms with Crippen LogP contribution in [0.1, 0.15) is 0 Å². The first-order valence-electron chi connectivity index (χ1n) is 4.93. The standard InChI is InChI=1S/C11H8BrClFN3O/c1-17-11(18)10(12)9(5-15-17)16-6-2-3-8(14)7(13)4-6/h2-5,16H,1H3. The van der Waals surface area contributed by atoms with E-state index >= 15 is 0 Å². The predicted octanol–water partition coefficient (Wildman–Crippen LogP) is 3.08. The molecular formula is C11H8BrClFN3O. The predicted molar refractivity (Wildman–Crippen MR) is 71.9 cm³/mol. The van der Waals surface area contributed by atoms with E-state index in [-0.39, 0.29) is 10.6 Å². The lowest BCUT2D eigenvalue weighted by Gasteiger charge is -2.09. The Balaban J connectivity index is 2.37. The molecule has 0 unspecified atom stereocenters. The van der Waals surface area contributed by atoms with Crippen molar-refractivity contribution in [1.29, 1.82) is 0 Å². The molecule has 0 fully saturated rings. The Hall–Kier alpha value is -1.40. The number of benzene rings is 1. The number of hydrogen-bond acceptors (Lipinski definition) is 3. The van der Waals surface area contributed by atoms with Gasteiger partial charge in [0, 0.05) is 12.7 Å². The average Bonchev–Trinajstić information content (AvgIpc) is 2.34. The fraction of sp³-hybridized carbons (Fsp3) is 0.0909. The first kappa shape index (κ1) is 13.0. The van der Waals surface area contributed by atoms with Gasteiger partial charge in [-0.15, -0.1) is 0 Å². The largest absolute Gasteiger partial charge is 0.353 e. The lowest BCUT2D eigenvalue weighted by Crippen LogP contribution is -2.20. The highest BCUT2D eigenvalue weighted by molar-refractivity contribution is 9.10. The fourth-order valence-electron chi connectivity index (χ4n) is 1.33. The zero-order valence-electron chi connectivity index (χ0n) is 9.25. The number of aryl methyl sites for hydroxylation is 1. The molecule has 1 heterocycles. The minimum absolute atomic E-state index is 0.00733. The Bertz CT molecular complexity index is 659. The SMILES string of the molecule is Cn1ncc(Nc2ccc(F)c(Cl)c2)c(Br)c1=O. The molecule has 0 aliphatic carbocycles. The number of aromatic nitrogens is 2. The monoisotopic (exact) mass is 331 g/mol. The topological polar surface area (TPSA) is 46.9 Å². The third-order valence-corrected chi connectivity index (χ3v) is 3.33.